The van der Waals surface area contributed by atoms with Crippen molar-refractivity contribution in [1.29, 1.82) is 0 Å². The number of anilines is 1. The lowest BCUT2D eigenvalue weighted by atomic mass is 9.99. The van der Waals surface area contributed by atoms with Gasteiger partial charge in [0.15, 0.2) is 0 Å². The van der Waals surface area contributed by atoms with Crippen LogP contribution in [0.4, 0.5) is 5.69 Å². The van der Waals surface area contributed by atoms with Crippen molar-refractivity contribution >= 4 is 17.5 Å². The number of rotatable bonds is 10. The molecule has 0 saturated carbocycles. The molecule has 5 aromatic carbocycles. The van der Waals surface area contributed by atoms with Gasteiger partial charge in [-0.3, -0.25) is 9.59 Å². The molecule has 198 valence electrons. The molecule has 40 heavy (non-hydrogen) atoms. The van der Waals surface area contributed by atoms with Gasteiger partial charge in [-0.15, -0.1) is 0 Å². The maximum atomic E-state index is 13.1. The van der Waals surface area contributed by atoms with Gasteiger partial charge in [-0.2, -0.15) is 0 Å². The quantitative estimate of drug-likeness (QED) is 0.203. The Morgan fingerprint density at radius 2 is 1.32 bits per heavy atom. The third-order valence-corrected chi connectivity index (χ3v) is 6.51. The second kappa shape index (κ2) is 13.1. The minimum atomic E-state index is -0.229. The Hall–Kier alpha value is -5.16. The number of hydrogen-bond acceptors (Lipinski definition) is 3. The van der Waals surface area contributed by atoms with E-state index in [0.29, 0.717) is 36.4 Å². The van der Waals surface area contributed by atoms with E-state index < -0.39 is 0 Å². The lowest BCUT2D eigenvalue weighted by Gasteiger charge is -2.12. The van der Waals surface area contributed by atoms with Crippen molar-refractivity contribution in [3.8, 4) is 16.9 Å². The molecule has 0 radical (unpaired) electrons. The summed E-state index contributed by atoms with van der Waals surface area (Å²) in [4.78, 5) is 25.9. The van der Waals surface area contributed by atoms with Crippen molar-refractivity contribution in [2.45, 2.75) is 13.0 Å². The average Bonchev–Trinajstić information content (AvgIpc) is 3.01. The van der Waals surface area contributed by atoms with Crippen LogP contribution in [-0.4, -0.2) is 18.4 Å². The van der Waals surface area contributed by atoms with Gasteiger partial charge in [-0.1, -0.05) is 97.1 Å². The smallest absolute Gasteiger partial charge is 0.256 e. The Kier molecular flexibility index (Phi) is 8.64. The number of hydrogen-bond donors (Lipinski definition) is 2. The zero-order valence-corrected chi connectivity index (χ0v) is 22.0. The maximum Gasteiger partial charge on any atom is 0.256 e. The van der Waals surface area contributed by atoms with Crippen LogP contribution in [0, 0.1) is 0 Å². The van der Waals surface area contributed by atoms with Crippen LogP contribution in [0.5, 0.6) is 5.75 Å². The lowest BCUT2D eigenvalue weighted by Crippen LogP contribution is -2.25. The lowest BCUT2D eigenvalue weighted by molar-refractivity contribution is 0.0952. The van der Waals surface area contributed by atoms with Gasteiger partial charge in [0.2, 0.25) is 0 Å². The minimum absolute atomic E-state index is 0.191. The van der Waals surface area contributed by atoms with Gasteiger partial charge in [0.05, 0.1) is 0 Å². The number of ether oxygens (including phenoxy) is 1. The van der Waals surface area contributed by atoms with E-state index in [4.69, 9.17) is 4.74 Å². The summed E-state index contributed by atoms with van der Waals surface area (Å²) in [5.41, 5.74) is 5.66. The number of nitrogens with one attached hydrogen (secondary N) is 2. The van der Waals surface area contributed by atoms with E-state index in [1.807, 2.05) is 103 Å². The van der Waals surface area contributed by atoms with E-state index in [2.05, 4.69) is 10.6 Å². The monoisotopic (exact) mass is 526 g/mol. The maximum absolute atomic E-state index is 13.1. The molecule has 5 aromatic rings. The van der Waals surface area contributed by atoms with Crippen LogP contribution in [-0.2, 0) is 13.0 Å². The predicted octanol–water partition coefficient (Wildman–Crippen LogP) is 7.16. The first kappa shape index (κ1) is 26.4. The highest BCUT2D eigenvalue weighted by molar-refractivity contribution is 6.09. The SMILES string of the molecule is O=C(NCCc1ccc(OCc2ccccc2)cc1)c1cccc(NC(=O)c2ccccc2-c2ccccc2)c1. The highest BCUT2D eigenvalue weighted by Gasteiger charge is 2.13. The highest BCUT2D eigenvalue weighted by atomic mass is 16.5. The van der Waals surface area contributed by atoms with E-state index in [1.54, 1.807) is 30.3 Å². The number of amides is 2. The summed E-state index contributed by atoms with van der Waals surface area (Å²) in [6.45, 7) is 1.01. The van der Waals surface area contributed by atoms with Crippen LogP contribution in [0.3, 0.4) is 0 Å². The van der Waals surface area contributed by atoms with Crippen LogP contribution < -0.4 is 15.4 Å². The molecule has 2 N–H and O–H groups in total. The normalized spacial score (nSPS) is 10.5. The van der Waals surface area contributed by atoms with Gasteiger partial charge in [0, 0.05) is 23.4 Å². The molecular formula is C35H30N2O3. The van der Waals surface area contributed by atoms with Crippen molar-refractivity contribution in [1.82, 2.24) is 5.32 Å². The first-order valence-corrected chi connectivity index (χ1v) is 13.3. The Bertz CT molecular complexity index is 1570. The second-order valence-electron chi connectivity index (χ2n) is 9.37. The van der Waals surface area contributed by atoms with E-state index in [-0.39, 0.29) is 11.8 Å². The van der Waals surface area contributed by atoms with Crippen LogP contribution in [0.1, 0.15) is 31.8 Å². The first-order valence-electron chi connectivity index (χ1n) is 13.3. The molecule has 2 amide bonds. The zero-order valence-electron chi connectivity index (χ0n) is 22.0. The summed E-state index contributed by atoms with van der Waals surface area (Å²) in [6, 6.07) is 42.2. The second-order valence-corrected chi connectivity index (χ2v) is 9.37. The average molecular weight is 527 g/mol. The summed E-state index contributed by atoms with van der Waals surface area (Å²) in [5, 5.41) is 5.91. The molecule has 5 heteroatoms. The first-order chi connectivity index (χ1) is 19.7. The van der Waals surface area contributed by atoms with Crippen molar-refractivity contribution < 1.29 is 14.3 Å². The molecule has 0 saturated heterocycles. The molecule has 0 unspecified atom stereocenters. The Morgan fingerprint density at radius 1 is 0.625 bits per heavy atom. The molecular weight excluding hydrogens is 496 g/mol. The van der Waals surface area contributed by atoms with Crippen molar-refractivity contribution in [3.63, 3.8) is 0 Å². The van der Waals surface area contributed by atoms with Gasteiger partial charge >= 0.3 is 0 Å². The molecule has 0 heterocycles. The summed E-state index contributed by atoms with van der Waals surface area (Å²) in [5.74, 6) is 0.388. The van der Waals surface area contributed by atoms with Crippen LogP contribution >= 0.6 is 0 Å². The van der Waals surface area contributed by atoms with E-state index in [9.17, 15) is 9.59 Å². The molecule has 5 rings (SSSR count). The largest absolute Gasteiger partial charge is 0.489 e. The summed E-state index contributed by atoms with van der Waals surface area (Å²) >= 11 is 0. The van der Waals surface area contributed by atoms with E-state index in [1.165, 1.54) is 0 Å². The Balaban J connectivity index is 1.14. The molecule has 5 nitrogen and oxygen atoms in total. The van der Waals surface area contributed by atoms with Crippen molar-refractivity contribution in [2.75, 3.05) is 11.9 Å². The molecule has 0 spiro atoms. The zero-order chi connectivity index (χ0) is 27.6. The highest BCUT2D eigenvalue weighted by Crippen LogP contribution is 2.24. The van der Waals surface area contributed by atoms with E-state index >= 15 is 0 Å². The Morgan fingerprint density at radius 3 is 2.10 bits per heavy atom. The molecule has 0 aliphatic carbocycles. The molecule has 0 aromatic heterocycles. The standard InChI is InChI=1S/C35H30N2O3/c38-34(36-23-22-26-18-20-31(21-19-26)40-25-27-10-3-1-4-11-27)29-14-9-15-30(24-29)37-35(39)33-17-8-7-16-32(33)28-12-5-2-6-13-28/h1-21,24H,22-23,25H2,(H,36,38)(H,37,39). The van der Waals surface area contributed by atoms with Gasteiger partial charge < -0.3 is 15.4 Å². The topological polar surface area (TPSA) is 67.4 Å². The molecule has 0 atom stereocenters. The van der Waals surface area contributed by atoms with Crippen LogP contribution in [0.15, 0.2) is 133 Å². The van der Waals surface area contributed by atoms with Gasteiger partial charge in [0.1, 0.15) is 12.4 Å². The number of benzene rings is 5. The summed E-state index contributed by atoms with van der Waals surface area (Å²) in [7, 11) is 0. The Labute approximate surface area is 234 Å². The van der Waals surface area contributed by atoms with Gasteiger partial charge in [0.25, 0.3) is 11.8 Å². The van der Waals surface area contributed by atoms with Crippen LogP contribution in [0.2, 0.25) is 0 Å². The van der Waals surface area contributed by atoms with Crippen molar-refractivity contribution in [2.24, 2.45) is 0 Å². The minimum Gasteiger partial charge on any atom is -0.489 e. The number of carbonyl (C=O) groups excluding carboxylic acids is 2. The third-order valence-electron chi connectivity index (χ3n) is 6.51. The fourth-order valence-corrected chi connectivity index (χ4v) is 4.40. The molecule has 0 fully saturated rings. The molecule has 0 bridgehead atoms. The van der Waals surface area contributed by atoms with Gasteiger partial charge in [-0.25, -0.2) is 0 Å². The third kappa shape index (κ3) is 7.03. The molecule has 0 aliphatic rings. The predicted molar refractivity (Wildman–Crippen MR) is 160 cm³/mol. The molecule has 0 aliphatic heterocycles. The number of carbonyl (C=O) groups is 2. The summed E-state index contributed by atoms with van der Waals surface area (Å²) in [6.07, 6.45) is 0.692. The van der Waals surface area contributed by atoms with Gasteiger partial charge in [-0.05, 0) is 65.1 Å². The fourth-order valence-electron chi connectivity index (χ4n) is 4.40. The summed E-state index contributed by atoms with van der Waals surface area (Å²) < 4.78 is 5.84. The van der Waals surface area contributed by atoms with Crippen molar-refractivity contribution in [3.05, 3.63) is 156 Å². The van der Waals surface area contributed by atoms with Crippen LogP contribution in [0.25, 0.3) is 11.1 Å². The van der Waals surface area contributed by atoms with E-state index in [0.717, 1.165) is 28.0 Å². The fraction of sp³-hybridized carbons (Fsp3) is 0.0857.